The smallest absolute Gasteiger partial charge is 0.339 e. The van der Waals surface area contributed by atoms with E-state index < -0.39 is 11.6 Å². The van der Waals surface area contributed by atoms with E-state index in [4.69, 9.17) is 13.9 Å². The topological polar surface area (TPSA) is 94.8 Å². The van der Waals surface area contributed by atoms with Crippen LogP contribution in [-0.2, 0) is 20.7 Å². The Morgan fingerprint density at radius 1 is 1.12 bits per heavy atom. The van der Waals surface area contributed by atoms with Gasteiger partial charge >= 0.3 is 11.6 Å². The van der Waals surface area contributed by atoms with Gasteiger partial charge in [-0.05, 0) is 61.7 Å². The minimum atomic E-state index is -0.450. The van der Waals surface area contributed by atoms with Gasteiger partial charge in [-0.3, -0.25) is 4.79 Å². The number of rotatable bonds is 8. The Hall–Kier alpha value is -3.87. The Morgan fingerprint density at radius 2 is 1.88 bits per heavy atom. The van der Waals surface area contributed by atoms with Crippen LogP contribution in [0.2, 0.25) is 0 Å². The van der Waals surface area contributed by atoms with Crippen molar-refractivity contribution in [1.29, 1.82) is 0 Å². The highest BCUT2D eigenvalue weighted by Crippen LogP contribution is 2.24. The highest BCUT2D eigenvalue weighted by Gasteiger charge is 2.14. The summed E-state index contributed by atoms with van der Waals surface area (Å²) in [4.78, 5) is 36.2. The van der Waals surface area contributed by atoms with Gasteiger partial charge < -0.3 is 19.2 Å². The number of benzene rings is 2. The highest BCUT2D eigenvalue weighted by molar-refractivity contribution is 5.91. The molecule has 1 heterocycles. The number of nitrogens with one attached hydrogen (secondary N) is 1. The van der Waals surface area contributed by atoms with E-state index in [0.29, 0.717) is 29.2 Å². The molecule has 0 unspecified atom stereocenters. The lowest BCUT2D eigenvalue weighted by molar-refractivity contribution is -0.137. The van der Waals surface area contributed by atoms with Crippen LogP contribution in [0.4, 0.5) is 5.69 Å². The van der Waals surface area contributed by atoms with Gasteiger partial charge in [0.05, 0.1) is 13.7 Å². The number of fused-ring (bicyclic) bond motifs is 1. The van der Waals surface area contributed by atoms with E-state index in [1.165, 1.54) is 6.08 Å². The van der Waals surface area contributed by atoms with Crippen LogP contribution in [0.25, 0.3) is 17.0 Å². The molecule has 0 radical (unpaired) electrons. The number of aryl methyl sites for hydroxylation is 1. The molecule has 7 heteroatoms. The van der Waals surface area contributed by atoms with Crippen LogP contribution < -0.4 is 15.7 Å². The number of carbonyl (C=O) groups is 2. The van der Waals surface area contributed by atoms with Gasteiger partial charge in [-0.1, -0.05) is 12.1 Å². The molecule has 0 aliphatic rings. The van der Waals surface area contributed by atoms with E-state index in [2.05, 4.69) is 5.32 Å². The maximum absolute atomic E-state index is 12.4. The van der Waals surface area contributed by atoms with Crippen molar-refractivity contribution in [2.45, 2.75) is 26.7 Å². The van der Waals surface area contributed by atoms with Gasteiger partial charge in [-0.15, -0.1) is 0 Å². The maximum Gasteiger partial charge on any atom is 0.339 e. The van der Waals surface area contributed by atoms with Gasteiger partial charge in [0.15, 0.2) is 0 Å². The molecular weight excluding hydrogens is 410 g/mol. The zero-order chi connectivity index (χ0) is 23.1. The number of methoxy groups -OCH3 is 1. The minimum absolute atomic E-state index is 0.137. The summed E-state index contributed by atoms with van der Waals surface area (Å²) < 4.78 is 15.4. The van der Waals surface area contributed by atoms with Crippen LogP contribution in [0.3, 0.4) is 0 Å². The van der Waals surface area contributed by atoms with Crippen molar-refractivity contribution >= 4 is 34.6 Å². The summed E-state index contributed by atoms with van der Waals surface area (Å²) in [7, 11) is 1.55. The highest BCUT2D eigenvalue weighted by atomic mass is 16.5. The SMILES string of the molecule is CCOC(=O)/C=C/c1ccc(NC(=O)CCc2c(C)c3ccc(OC)cc3oc2=O)cc1. The quantitative estimate of drug-likeness (QED) is 0.323. The van der Waals surface area contributed by atoms with Crippen LogP contribution in [0.15, 0.2) is 57.8 Å². The van der Waals surface area contributed by atoms with Crippen molar-refractivity contribution in [2.24, 2.45) is 0 Å². The third-order valence-corrected chi connectivity index (χ3v) is 4.99. The Labute approximate surface area is 185 Å². The first-order valence-electron chi connectivity index (χ1n) is 10.3. The average Bonchev–Trinajstić information content (AvgIpc) is 2.78. The summed E-state index contributed by atoms with van der Waals surface area (Å²) in [5.41, 5.74) is 2.71. The summed E-state index contributed by atoms with van der Waals surface area (Å²) in [5, 5.41) is 3.62. The molecule has 0 aliphatic heterocycles. The third-order valence-electron chi connectivity index (χ3n) is 4.99. The Balaban J connectivity index is 1.63. The predicted molar refractivity (Wildman–Crippen MR) is 123 cm³/mol. The minimum Gasteiger partial charge on any atom is -0.497 e. The molecule has 1 aromatic heterocycles. The summed E-state index contributed by atoms with van der Waals surface area (Å²) in [5.74, 6) is -0.0134. The number of amides is 1. The summed E-state index contributed by atoms with van der Waals surface area (Å²) in [6.07, 6.45) is 3.39. The van der Waals surface area contributed by atoms with Crippen molar-refractivity contribution in [1.82, 2.24) is 0 Å². The number of ether oxygens (including phenoxy) is 2. The maximum atomic E-state index is 12.4. The first-order chi connectivity index (χ1) is 15.4. The number of anilines is 1. The molecule has 0 aliphatic carbocycles. The second-order valence-electron chi connectivity index (χ2n) is 7.11. The van der Waals surface area contributed by atoms with E-state index in [0.717, 1.165) is 16.5 Å². The monoisotopic (exact) mass is 435 g/mol. The first kappa shape index (κ1) is 22.8. The largest absolute Gasteiger partial charge is 0.497 e. The molecular formula is C25H25NO6. The Kier molecular flexibility index (Phi) is 7.44. The van der Waals surface area contributed by atoms with Crippen LogP contribution in [0.5, 0.6) is 5.75 Å². The molecule has 0 atom stereocenters. The van der Waals surface area contributed by atoms with Gasteiger partial charge in [-0.25, -0.2) is 9.59 Å². The van der Waals surface area contributed by atoms with Crippen LogP contribution >= 0.6 is 0 Å². The van der Waals surface area contributed by atoms with E-state index in [9.17, 15) is 14.4 Å². The van der Waals surface area contributed by atoms with Crippen molar-refractivity contribution in [3.05, 3.63) is 75.7 Å². The molecule has 166 valence electrons. The van der Waals surface area contributed by atoms with Gasteiger partial charge in [0, 0.05) is 35.2 Å². The number of carbonyl (C=O) groups excluding carboxylic acids is 2. The zero-order valence-electron chi connectivity index (χ0n) is 18.3. The average molecular weight is 435 g/mol. The number of hydrogen-bond acceptors (Lipinski definition) is 6. The van der Waals surface area contributed by atoms with E-state index in [1.54, 1.807) is 56.5 Å². The van der Waals surface area contributed by atoms with Gasteiger partial charge in [0.1, 0.15) is 11.3 Å². The molecule has 32 heavy (non-hydrogen) atoms. The van der Waals surface area contributed by atoms with Crippen molar-refractivity contribution in [3.63, 3.8) is 0 Å². The standard InChI is InChI=1S/C25H25NO6/c1-4-31-24(28)14-7-17-5-8-18(9-6-17)26-23(27)13-12-21-16(2)20-11-10-19(30-3)15-22(20)32-25(21)29/h5-11,14-15H,4,12-13H2,1-3H3,(H,26,27)/b14-7+. The molecule has 0 saturated carbocycles. The number of hydrogen-bond donors (Lipinski definition) is 1. The molecule has 0 fully saturated rings. The van der Waals surface area contributed by atoms with Crippen molar-refractivity contribution in [3.8, 4) is 5.75 Å². The normalized spacial score (nSPS) is 11.0. The zero-order valence-corrected chi connectivity index (χ0v) is 18.3. The first-order valence-corrected chi connectivity index (χ1v) is 10.3. The van der Waals surface area contributed by atoms with Crippen molar-refractivity contribution < 1.29 is 23.5 Å². The number of esters is 1. The molecule has 0 spiro atoms. The third kappa shape index (κ3) is 5.63. The van der Waals surface area contributed by atoms with Crippen molar-refractivity contribution in [2.75, 3.05) is 19.0 Å². The second-order valence-corrected chi connectivity index (χ2v) is 7.11. The van der Waals surface area contributed by atoms with Gasteiger partial charge in [-0.2, -0.15) is 0 Å². The van der Waals surface area contributed by atoms with E-state index in [1.807, 2.05) is 13.0 Å². The molecule has 0 bridgehead atoms. The fraction of sp³-hybridized carbons (Fsp3) is 0.240. The molecule has 0 saturated heterocycles. The fourth-order valence-electron chi connectivity index (χ4n) is 3.28. The summed E-state index contributed by atoms with van der Waals surface area (Å²) >= 11 is 0. The molecule has 1 N–H and O–H groups in total. The molecule has 7 nitrogen and oxygen atoms in total. The predicted octanol–water partition coefficient (Wildman–Crippen LogP) is 4.26. The molecule has 1 amide bonds. The van der Waals surface area contributed by atoms with Crippen LogP contribution in [0.1, 0.15) is 30.0 Å². The lowest BCUT2D eigenvalue weighted by Crippen LogP contribution is -2.16. The molecule has 3 rings (SSSR count). The molecule has 2 aromatic carbocycles. The summed E-state index contributed by atoms with van der Waals surface area (Å²) in [6, 6.07) is 12.4. The second kappa shape index (κ2) is 10.4. The Bertz CT molecular complexity index is 1210. The Morgan fingerprint density at radius 3 is 2.56 bits per heavy atom. The van der Waals surface area contributed by atoms with Gasteiger partial charge in [0.2, 0.25) is 5.91 Å². The van der Waals surface area contributed by atoms with Crippen LogP contribution in [-0.4, -0.2) is 25.6 Å². The van der Waals surface area contributed by atoms with E-state index in [-0.39, 0.29) is 18.7 Å². The van der Waals surface area contributed by atoms with Crippen LogP contribution in [0, 0.1) is 6.92 Å². The lowest BCUT2D eigenvalue weighted by atomic mass is 10.0. The van der Waals surface area contributed by atoms with E-state index >= 15 is 0 Å². The fourth-order valence-corrected chi connectivity index (χ4v) is 3.28. The summed E-state index contributed by atoms with van der Waals surface area (Å²) in [6.45, 7) is 3.92. The lowest BCUT2D eigenvalue weighted by Gasteiger charge is -2.09. The molecule has 3 aromatic rings. The van der Waals surface area contributed by atoms with Gasteiger partial charge in [0.25, 0.3) is 0 Å².